The first kappa shape index (κ1) is 11.5. The third-order valence-corrected chi connectivity index (χ3v) is 3.61. The number of aromatic nitrogens is 2. The van der Waals surface area contributed by atoms with Gasteiger partial charge in [0.05, 0.1) is 16.7 Å². The molecule has 0 aliphatic heterocycles. The zero-order chi connectivity index (χ0) is 12.7. The lowest BCUT2D eigenvalue weighted by Gasteiger charge is -2.12. The average Bonchev–Trinajstić information content (AvgIpc) is 2.72. The van der Waals surface area contributed by atoms with Crippen molar-refractivity contribution in [3.8, 4) is 5.69 Å². The quantitative estimate of drug-likeness (QED) is 0.651. The van der Waals surface area contributed by atoms with E-state index in [2.05, 4.69) is 57.5 Å². The van der Waals surface area contributed by atoms with Crippen molar-refractivity contribution in [2.75, 3.05) is 0 Å². The van der Waals surface area contributed by atoms with Gasteiger partial charge in [-0.25, -0.2) is 4.98 Å². The molecule has 0 bridgehead atoms. The minimum absolute atomic E-state index is 1.03. The molecule has 3 aromatic rings. The molecular formula is C15H13BrN2. The molecule has 0 amide bonds. The van der Waals surface area contributed by atoms with Crippen LogP contribution in [0.5, 0.6) is 0 Å². The van der Waals surface area contributed by atoms with Crippen molar-refractivity contribution in [2.45, 2.75) is 13.8 Å². The molecular weight excluding hydrogens is 288 g/mol. The predicted octanol–water partition coefficient (Wildman–Crippen LogP) is 4.40. The fourth-order valence-corrected chi connectivity index (χ4v) is 3.11. The number of fused-ring (bicyclic) bond motifs is 1. The van der Waals surface area contributed by atoms with Crippen LogP contribution in [0.3, 0.4) is 0 Å². The van der Waals surface area contributed by atoms with Gasteiger partial charge >= 0.3 is 0 Å². The van der Waals surface area contributed by atoms with Crippen molar-refractivity contribution in [3.05, 3.63) is 58.3 Å². The van der Waals surface area contributed by atoms with Crippen molar-refractivity contribution in [2.24, 2.45) is 0 Å². The summed E-state index contributed by atoms with van der Waals surface area (Å²) in [4.78, 5) is 4.45. The van der Waals surface area contributed by atoms with E-state index >= 15 is 0 Å². The fraction of sp³-hybridized carbons (Fsp3) is 0.133. The van der Waals surface area contributed by atoms with Crippen LogP contribution in [-0.2, 0) is 0 Å². The summed E-state index contributed by atoms with van der Waals surface area (Å²) in [6, 6.07) is 12.5. The molecule has 0 aliphatic rings. The molecule has 0 saturated carbocycles. The maximum absolute atomic E-state index is 4.45. The minimum atomic E-state index is 1.03. The molecule has 0 saturated heterocycles. The van der Waals surface area contributed by atoms with Crippen molar-refractivity contribution in [1.29, 1.82) is 0 Å². The topological polar surface area (TPSA) is 17.8 Å². The number of imidazole rings is 1. The average molecular weight is 301 g/mol. The van der Waals surface area contributed by atoms with Crippen LogP contribution in [0.1, 0.15) is 11.1 Å². The molecule has 0 aliphatic carbocycles. The molecule has 0 radical (unpaired) electrons. The first-order chi connectivity index (χ1) is 8.66. The van der Waals surface area contributed by atoms with Gasteiger partial charge in [0, 0.05) is 4.47 Å². The Bertz CT molecular complexity index is 705. The summed E-state index contributed by atoms with van der Waals surface area (Å²) in [6.07, 6.45) is 1.90. The summed E-state index contributed by atoms with van der Waals surface area (Å²) in [5, 5.41) is 0. The van der Waals surface area contributed by atoms with Crippen LogP contribution < -0.4 is 0 Å². The molecule has 0 fully saturated rings. The first-order valence-electron chi connectivity index (χ1n) is 5.86. The number of para-hydroxylation sites is 2. The van der Waals surface area contributed by atoms with Gasteiger partial charge in [-0.15, -0.1) is 0 Å². The Labute approximate surface area is 114 Å². The third kappa shape index (κ3) is 1.75. The number of halogens is 1. The smallest absolute Gasteiger partial charge is 0.100 e. The van der Waals surface area contributed by atoms with Gasteiger partial charge in [0.25, 0.3) is 0 Å². The second-order valence-corrected chi connectivity index (χ2v) is 5.41. The van der Waals surface area contributed by atoms with E-state index in [1.54, 1.807) is 0 Å². The molecule has 0 N–H and O–H groups in total. The molecule has 18 heavy (non-hydrogen) atoms. The van der Waals surface area contributed by atoms with E-state index in [4.69, 9.17) is 0 Å². The highest BCUT2D eigenvalue weighted by atomic mass is 79.9. The van der Waals surface area contributed by atoms with Crippen LogP contribution in [0.15, 0.2) is 47.2 Å². The van der Waals surface area contributed by atoms with Gasteiger partial charge < -0.3 is 0 Å². The van der Waals surface area contributed by atoms with Crippen LogP contribution in [0, 0.1) is 13.8 Å². The monoisotopic (exact) mass is 300 g/mol. The van der Waals surface area contributed by atoms with E-state index in [9.17, 15) is 0 Å². The van der Waals surface area contributed by atoms with Crippen molar-refractivity contribution < 1.29 is 0 Å². The number of benzene rings is 2. The third-order valence-electron chi connectivity index (χ3n) is 3.15. The van der Waals surface area contributed by atoms with Crippen LogP contribution in [0.2, 0.25) is 0 Å². The lowest BCUT2D eigenvalue weighted by Crippen LogP contribution is -1.98. The number of nitrogens with zero attached hydrogens (tertiary/aromatic N) is 2. The Morgan fingerprint density at radius 2 is 1.72 bits per heavy atom. The standard InChI is InChI=1S/C15H13BrN2/c1-10-7-12(16)8-11(2)15(10)18-9-17-13-5-3-4-6-14(13)18/h3-9H,1-2H3. The first-order valence-corrected chi connectivity index (χ1v) is 6.65. The summed E-state index contributed by atoms with van der Waals surface area (Å²) in [7, 11) is 0. The van der Waals surface area contributed by atoms with Gasteiger partial charge in [-0.3, -0.25) is 4.57 Å². The van der Waals surface area contributed by atoms with E-state index in [0.29, 0.717) is 0 Å². The van der Waals surface area contributed by atoms with E-state index in [1.807, 2.05) is 24.5 Å². The Kier molecular flexibility index (Phi) is 2.71. The van der Waals surface area contributed by atoms with E-state index in [1.165, 1.54) is 16.8 Å². The Balaban J connectivity index is 2.33. The van der Waals surface area contributed by atoms with Gasteiger partial charge in [0.15, 0.2) is 0 Å². The highest BCUT2D eigenvalue weighted by molar-refractivity contribution is 9.10. The molecule has 3 heteroatoms. The summed E-state index contributed by atoms with van der Waals surface area (Å²) >= 11 is 3.54. The number of aryl methyl sites for hydroxylation is 2. The highest BCUT2D eigenvalue weighted by Gasteiger charge is 2.09. The predicted molar refractivity (Wildman–Crippen MR) is 78.2 cm³/mol. The summed E-state index contributed by atoms with van der Waals surface area (Å²) in [5.74, 6) is 0. The van der Waals surface area contributed by atoms with Crippen molar-refractivity contribution in [1.82, 2.24) is 9.55 Å². The second-order valence-electron chi connectivity index (χ2n) is 4.49. The molecule has 0 unspecified atom stereocenters. The highest BCUT2D eigenvalue weighted by Crippen LogP contribution is 2.26. The van der Waals surface area contributed by atoms with E-state index < -0.39 is 0 Å². The van der Waals surface area contributed by atoms with Crippen LogP contribution >= 0.6 is 15.9 Å². The van der Waals surface area contributed by atoms with Gasteiger partial charge in [-0.05, 0) is 49.2 Å². The van der Waals surface area contributed by atoms with Crippen LogP contribution in [-0.4, -0.2) is 9.55 Å². The van der Waals surface area contributed by atoms with Crippen molar-refractivity contribution in [3.63, 3.8) is 0 Å². The fourth-order valence-electron chi connectivity index (χ4n) is 2.42. The van der Waals surface area contributed by atoms with Gasteiger partial charge in [0.1, 0.15) is 6.33 Å². The maximum Gasteiger partial charge on any atom is 0.100 e. The zero-order valence-corrected chi connectivity index (χ0v) is 11.9. The van der Waals surface area contributed by atoms with Gasteiger partial charge in [-0.2, -0.15) is 0 Å². The number of rotatable bonds is 1. The minimum Gasteiger partial charge on any atom is -0.298 e. The largest absolute Gasteiger partial charge is 0.298 e. The normalized spacial score (nSPS) is 11.1. The molecule has 2 nitrogen and oxygen atoms in total. The molecule has 0 atom stereocenters. The summed E-state index contributed by atoms with van der Waals surface area (Å²) in [6.45, 7) is 4.25. The lowest BCUT2D eigenvalue weighted by molar-refractivity contribution is 1.05. The van der Waals surface area contributed by atoms with E-state index in [-0.39, 0.29) is 0 Å². The SMILES string of the molecule is Cc1cc(Br)cc(C)c1-n1cnc2ccccc21. The molecule has 1 aromatic heterocycles. The van der Waals surface area contributed by atoms with E-state index in [0.717, 1.165) is 15.5 Å². The van der Waals surface area contributed by atoms with Gasteiger partial charge in [-0.1, -0.05) is 28.1 Å². The van der Waals surface area contributed by atoms with Crippen LogP contribution in [0.25, 0.3) is 16.7 Å². The Morgan fingerprint density at radius 1 is 1.06 bits per heavy atom. The molecule has 2 aromatic carbocycles. The second kappa shape index (κ2) is 4.25. The lowest BCUT2D eigenvalue weighted by atomic mass is 10.1. The molecule has 3 rings (SSSR count). The molecule has 90 valence electrons. The Morgan fingerprint density at radius 3 is 2.44 bits per heavy atom. The number of hydrogen-bond acceptors (Lipinski definition) is 1. The summed E-state index contributed by atoms with van der Waals surface area (Å²) in [5.41, 5.74) is 5.87. The zero-order valence-electron chi connectivity index (χ0n) is 10.3. The van der Waals surface area contributed by atoms with Crippen molar-refractivity contribution >= 4 is 27.0 Å². The molecule has 0 spiro atoms. The Hall–Kier alpha value is -1.61. The maximum atomic E-state index is 4.45. The molecule has 1 heterocycles. The van der Waals surface area contributed by atoms with Crippen LogP contribution in [0.4, 0.5) is 0 Å². The van der Waals surface area contributed by atoms with Gasteiger partial charge in [0.2, 0.25) is 0 Å². The number of hydrogen-bond donors (Lipinski definition) is 0. The summed E-state index contributed by atoms with van der Waals surface area (Å²) < 4.78 is 3.28.